The highest BCUT2D eigenvalue weighted by Gasteiger charge is 2.61. The molecule has 4 bridgehead atoms. The highest BCUT2D eigenvalue weighted by Crippen LogP contribution is 2.70. The lowest BCUT2D eigenvalue weighted by molar-refractivity contribution is -0.187. The number of hydrogen-bond donors (Lipinski definition) is 1. The molecule has 0 aromatic carbocycles. The molecule has 1 heteroatoms. The minimum Gasteiger partial charge on any atom is -0.393 e. The first-order chi connectivity index (χ1) is 9.03. The molecule has 0 aromatic heterocycles. The fraction of sp³-hybridized carbons (Fsp3) is 1.00. The molecule has 0 radical (unpaired) electrons. The minimum absolute atomic E-state index is 0.0659. The fourth-order valence-electron chi connectivity index (χ4n) is 6.78. The van der Waals surface area contributed by atoms with Crippen molar-refractivity contribution in [2.75, 3.05) is 0 Å². The predicted octanol–water partition coefficient (Wildman–Crippen LogP) is 5.17. The van der Waals surface area contributed by atoms with Crippen LogP contribution in [0.1, 0.15) is 86.0 Å². The summed E-state index contributed by atoms with van der Waals surface area (Å²) < 4.78 is 0. The fourth-order valence-corrected chi connectivity index (χ4v) is 6.78. The number of aliphatic hydroxyl groups is 1. The van der Waals surface area contributed by atoms with E-state index in [1.807, 2.05) is 0 Å². The van der Waals surface area contributed by atoms with Gasteiger partial charge >= 0.3 is 0 Å². The second-order valence-corrected chi connectivity index (χ2v) is 10.6. The molecule has 4 aliphatic carbocycles. The van der Waals surface area contributed by atoms with E-state index in [1.165, 1.54) is 38.5 Å². The lowest BCUT2D eigenvalue weighted by Crippen LogP contribution is -2.58. The van der Waals surface area contributed by atoms with E-state index in [-0.39, 0.29) is 11.5 Å². The van der Waals surface area contributed by atoms with Crippen molar-refractivity contribution in [3.63, 3.8) is 0 Å². The van der Waals surface area contributed by atoms with Gasteiger partial charge in [0, 0.05) is 0 Å². The van der Waals surface area contributed by atoms with Crippen LogP contribution < -0.4 is 0 Å². The molecule has 3 unspecified atom stereocenters. The van der Waals surface area contributed by atoms with Gasteiger partial charge in [0.25, 0.3) is 0 Å². The van der Waals surface area contributed by atoms with E-state index >= 15 is 0 Å². The summed E-state index contributed by atoms with van der Waals surface area (Å²) in [7, 11) is 0. The maximum atomic E-state index is 11.0. The monoisotopic (exact) mass is 278 g/mol. The molecule has 0 spiro atoms. The smallest absolute Gasteiger partial charge is 0.0597 e. The minimum atomic E-state index is -0.0659. The third-order valence-electron chi connectivity index (χ3n) is 6.54. The quantitative estimate of drug-likeness (QED) is 0.755. The van der Waals surface area contributed by atoms with E-state index in [1.54, 1.807) is 0 Å². The Morgan fingerprint density at radius 1 is 1.00 bits per heavy atom. The number of hydrogen-bond acceptors (Lipinski definition) is 1. The van der Waals surface area contributed by atoms with E-state index in [0.29, 0.717) is 16.2 Å². The van der Waals surface area contributed by atoms with Gasteiger partial charge in [-0.3, -0.25) is 0 Å². The molecule has 0 aliphatic heterocycles. The molecule has 20 heavy (non-hydrogen) atoms. The van der Waals surface area contributed by atoms with Crippen molar-refractivity contribution < 1.29 is 5.11 Å². The molecule has 4 fully saturated rings. The molecule has 4 aliphatic rings. The van der Waals surface area contributed by atoms with Crippen LogP contribution in [0, 0.1) is 27.6 Å². The van der Waals surface area contributed by atoms with E-state index in [9.17, 15) is 5.11 Å². The first-order valence-corrected chi connectivity index (χ1v) is 8.72. The van der Waals surface area contributed by atoms with Gasteiger partial charge in [0.05, 0.1) is 6.10 Å². The number of aliphatic hydroxyl groups excluding tert-OH is 1. The zero-order valence-electron chi connectivity index (χ0n) is 14.3. The maximum Gasteiger partial charge on any atom is 0.0597 e. The van der Waals surface area contributed by atoms with Crippen LogP contribution in [0.25, 0.3) is 0 Å². The average molecular weight is 278 g/mol. The van der Waals surface area contributed by atoms with Gasteiger partial charge in [-0.25, -0.2) is 0 Å². The van der Waals surface area contributed by atoms with Crippen LogP contribution in [0.4, 0.5) is 0 Å². The van der Waals surface area contributed by atoms with E-state index in [0.717, 1.165) is 18.8 Å². The maximum absolute atomic E-state index is 11.0. The highest BCUT2D eigenvalue weighted by molar-refractivity contribution is 5.12. The summed E-state index contributed by atoms with van der Waals surface area (Å²) in [6.45, 7) is 11.9. The van der Waals surface area contributed by atoms with Crippen LogP contribution in [-0.2, 0) is 0 Å². The van der Waals surface area contributed by atoms with Crippen molar-refractivity contribution in [1.29, 1.82) is 0 Å². The summed E-state index contributed by atoms with van der Waals surface area (Å²) in [4.78, 5) is 0. The first-order valence-electron chi connectivity index (χ1n) is 8.72. The number of rotatable bonds is 3. The van der Waals surface area contributed by atoms with Gasteiger partial charge in [-0.05, 0) is 78.9 Å². The Morgan fingerprint density at radius 2 is 1.55 bits per heavy atom. The van der Waals surface area contributed by atoms with E-state index in [2.05, 4.69) is 34.6 Å². The Hall–Kier alpha value is -0.0400. The Balaban J connectivity index is 1.78. The van der Waals surface area contributed by atoms with Crippen LogP contribution in [0.15, 0.2) is 0 Å². The summed E-state index contributed by atoms with van der Waals surface area (Å²) in [5, 5.41) is 11.0. The Labute approximate surface area is 125 Å². The van der Waals surface area contributed by atoms with Crippen LogP contribution in [0.5, 0.6) is 0 Å². The van der Waals surface area contributed by atoms with Crippen molar-refractivity contribution in [2.24, 2.45) is 27.6 Å². The molecular formula is C19H34O. The van der Waals surface area contributed by atoms with Crippen LogP contribution >= 0.6 is 0 Å². The third-order valence-corrected chi connectivity index (χ3v) is 6.54. The van der Waals surface area contributed by atoms with Crippen LogP contribution in [-0.4, -0.2) is 11.2 Å². The highest BCUT2D eigenvalue weighted by atomic mass is 16.3. The Morgan fingerprint density at radius 3 is 2.00 bits per heavy atom. The first kappa shape index (κ1) is 14.9. The molecular weight excluding hydrogens is 244 g/mol. The zero-order valence-corrected chi connectivity index (χ0v) is 14.3. The standard InChI is InChI=1S/C19H34O/c1-16(2,3)7-6-15(20)19-10-14-8-17(4,12-19)11-18(5,9-14)13-19/h14-15,20H,6-13H2,1-5H3. The van der Waals surface area contributed by atoms with Gasteiger partial charge in [-0.2, -0.15) is 0 Å². The van der Waals surface area contributed by atoms with Gasteiger partial charge in [-0.15, -0.1) is 0 Å². The van der Waals surface area contributed by atoms with Crippen molar-refractivity contribution in [2.45, 2.75) is 92.1 Å². The van der Waals surface area contributed by atoms with Crippen molar-refractivity contribution in [1.82, 2.24) is 0 Å². The van der Waals surface area contributed by atoms with E-state index < -0.39 is 0 Å². The van der Waals surface area contributed by atoms with Crippen LogP contribution in [0.3, 0.4) is 0 Å². The predicted molar refractivity (Wildman–Crippen MR) is 84.5 cm³/mol. The summed E-state index contributed by atoms with van der Waals surface area (Å²) in [5.74, 6) is 0.894. The Bertz CT molecular complexity index is 373. The van der Waals surface area contributed by atoms with Crippen LogP contribution in [0.2, 0.25) is 0 Å². The molecule has 0 heterocycles. The van der Waals surface area contributed by atoms with Crippen molar-refractivity contribution in [3.8, 4) is 0 Å². The summed E-state index contributed by atoms with van der Waals surface area (Å²) in [6, 6.07) is 0. The summed E-state index contributed by atoms with van der Waals surface area (Å²) in [5.41, 5.74) is 1.65. The summed E-state index contributed by atoms with van der Waals surface area (Å²) in [6.07, 6.45) is 10.2. The normalized spacial score (nSPS) is 48.6. The van der Waals surface area contributed by atoms with Gasteiger partial charge in [0.2, 0.25) is 0 Å². The van der Waals surface area contributed by atoms with Crippen molar-refractivity contribution in [3.05, 3.63) is 0 Å². The van der Waals surface area contributed by atoms with Crippen molar-refractivity contribution >= 4 is 0 Å². The second kappa shape index (κ2) is 4.24. The van der Waals surface area contributed by atoms with Gasteiger partial charge in [-0.1, -0.05) is 34.6 Å². The molecule has 4 rings (SSSR count). The molecule has 1 nitrogen and oxygen atoms in total. The lowest BCUT2D eigenvalue weighted by atomic mass is 9.39. The zero-order chi connectivity index (χ0) is 14.8. The topological polar surface area (TPSA) is 20.2 Å². The molecule has 4 saturated carbocycles. The average Bonchev–Trinajstić information content (AvgIpc) is 2.19. The third kappa shape index (κ3) is 2.56. The molecule has 3 atom stereocenters. The van der Waals surface area contributed by atoms with Gasteiger partial charge in [0.15, 0.2) is 0 Å². The van der Waals surface area contributed by atoms with Gasteiger partial charge in [0.1, 0.15) is 0 Å². The molecule has 0 amide bonds. The molecule has 116 valence electrons. The largest absolute Gasteiger partial charge is 0.393 e. The second-order valence-electron chi connectivity index (χ2n) is 10.6. The SMILES string of the molecule is CC(C)(C)CCC(O)C12CC3CC(C)(CC(C)(C3)C1)C2. The molecule has 0 saturated heterocycles. The van der Waals surface area contributed by atoms with E-state index in [4.69, 9.17) is 0 Å². The molecule has 1 N–H and O–H groups in total. The summed E-state index contributed by atoms with van der Waals surface area (Å²) >= 11 is 0. The molecule has 0 aromatic rings. The lowest BCUT2D eigenvalue weighted by Gasteiger charge is -2.66. The van der Waals surface area contributed by atoms with Gasteiger partial charge < -0.3 is 5.11 Å². The Kier molecular flexibility index (Phi) is 3.16.